The van der Waals surface area contributed by atoms with Crippen molar-refractivity contribution >= 4 is 21.9 Å². The maximum atomic E-state index is 11.9. The van der Waals surface area contributed by atoms with Gasteiger partial charge in [-0.25, -0.2) is 17.7 Å². The SMILES string of the molecule is CN(C)S(=O)(=O)c1ccc(CN=C(N)N=C(N)N)cc1. The first-order chi connectivity index (χ1) is 9.23. The van der Waals surface area contributed by atoms with Crippen LogP contribution in [0.15, 0.2) is 39.1 Å². The number of sulfonamides is 1. The van der Waals surface area contributed by atoms with Crippen molar-refractivity contribution in [2.24, 2.45) is 27.2 Å². The molecule has 1 rings (SSSR count). The van der Waals surface area contributed by atoms with Crippen LogP contribution in [-0.2, 0) is 16.6 Å². The maximum Gasteiger partial charge on any atom is 0.242 e. The van der Waals surface area contributed by atoms with Gasteiger partial charge in [0.2, 0.25) is 16.0 Å². The summed E-state index contributed by atoms with van der Waals surface area (Å²) in [5.74, 6) is -0.200. The summed E-state index contributed by atoms with van der Waals surface area (Å²) < 4.78 is 24.9. The van der Waals surface area contributed by atoms with E-state index >= 15 is 0 Å². The molecule has 1 aromatic carbocycles. The number of hydrogen-bond acceptors (Lipinski definition) is 3. The van der Waals surface area contributed by atoms with Crippen molar-refractivity contribution in [2.45, 2.75) is 11.4 Å². The molecule has 0 radical (unpaired) electrons. The Labute approximate surface area is 118 Å². The van der Waals surface area contributed by atoms with E-state index in [9.17, 15) is 8.42 Å². The number of nitrogens with zero attached hydrogens (tertiary/aromatic N) is 3. The van der Waals surface area contributed by atoms with Crippen LogP contribution in [0.3, 0.4) is 0 Å². The minimum absolute atomic E-state index is 0.0324. The maximum absolute atomic E-state index is 11.9. The van der Waals surface area contributed by atoms with Crippen molar-refractivity contribution < 1.29 is 8.42 Å². The van der Waals surface area contributed by atoms with E-state index in [0.717, 1.165) is 9.87 Å². The summed E-state index contributed by atoms with van der Waals surface area (Å²) in [5.41, 5.74) is 16.6. The van der Waals surface area contributed by atoms with Crippen LogP contribution in [0.4, 0.5) is 0 Å². The quantitative estimate of drug-likeness (QED) is 0.484. The van der Waals surface area contributed by atoms with Gasteiger partial charge in [0.1, 0.15) is 0 Å². The predicted octanol–water partition coefficient (Wildman–Crippen LogP) is -0.975. The number of rotatable bonds is 4. The minimum atomic E-state index is -3.42. The Kier molecular flexibility index (Phi) is 5.06. The topological polar surface area (TPSA) is 140 Å². The highest BCUT2D eigenvalue weighted by atomic mass is 32.2. The normalized spacial score (nSPS) is 12.4. The zero-order valence-corrected chi connectivity index (χ0v) is 12.1. The molecule has 0 unspecified atom stereocenters. The van der Waals surface area contributed by atoms with Crippen LogP contribution in [0, 0.1) is 0 Å². The molecule has 1 aromatic rings. The first-order valence-electron chi connectivity index (χ1n) is 5.64. The lowest BCUT2D eigenvalue weighted by atomic mass is 10.2. The fourth-order valence-corrected chi connectivity index (χ4v) is 2.22. The third-order valence-electron chi connectivity index (χ3n) is 2.37. The number of guanidine groups is 2. The average Bonchev–Trinajstić information content (AvgIpc) is 2.36. The van der Waals surface area contributed by atoms with Crippen molar-refractivity contribution in [3.63, 3.8) is 0 Å². The van der Waals surface area contributed by atoms with Crippen LogP contribution in [0.2, 0.25) is 0 Å². The summed E-state index contributed by atoms with van der Waals surface area (Å²) in [5, 5.41) is 0. The summed E-state index contributed by atoms with van der Waals surface area (Å²) in [6, 6.07) is 6.33. The summed E-state index contributed by atoms with van der Waals surface area (Å²) in [7, 11) is -0.472. The number of hydrogen-bond donors (Lipinski definition) is 3. The fraction of sp³-hybridized carbons (Fsp3) is 0.273. The van der Waals surface area contributed by atoms with E-state index < -0.39 is 10.0 Å². The lowest BCUT2D eigenvalue weighted by Gasteiger charge is -2.11. The van der Waals surface area contributed by atoms with E-state index in [4.69, 9.17) is 17.2 Å². The van der Waals surface area contributed by atoms with Crippen LogP contribution in [0.1, 0.15) is 5.56 Å². The van der Waals surface area contributed by atoms with E-state index in [1.54, 1.807) is 12.1 Å². The van der Waals surface area contributed by atoms with E-state index in [-0.39, 0.29) is 23.4 Å². The van der Waals surface area contributed by atoms with Gasteiger partial charge in [0, 0.05) is 14.1 Å². The summed E-state index contributed by atoms with van der Waals surface area (Å²) >= 11 is 0. The lowest BCUT2D eigenvalue weighted by molar-refractivity contribution is 0.520. The molecule has 0 bridgehead atoms. The zero-order valence-electron chi connectivity index (χ0n) is 11.3. The standard InChI is InChI=1S/C11H18N6O2S/c1-17(2)20(18,19)9-5-3-8(4-6-9)7-15-11(14)16-10(12)13/h3-6H,7H2,1-2H3,(H6,12,13,14,15,16). The molecule has 0 aromatic heterocycles. The average molecular weight is 298 g/mol. The molecule has 0 aliphatic heterocycles. The highest BCUT2D eigenvalue weighted by Crippen LogP contribution is 2.14. The van der Waals surface area contributed by atoms with Gasteiger partial charge in [-0.15, -0.1) is 0 Å². The monoisotopic (exact) mass is 298 g/mol. The second-order valence-corrected chi connectivity index (χ2v) is 6.29. The lowest BCUT2D eigenvalue weighted by Crippen LogP contribution is -2.26. The molecule has 0 spiro atoms. The number of benzene rings is 1. The first-order valence-corrected chi connectivity index (χ1v) is 7.08. The molecular formula is C11H18N6O2S. The van der Waals surface area contributed by atoms with E-state index in [1.165, 1.54) is 26.2 Å². The van der Waals surface area contributed by atoms with Crippen molar-refractivity contribution in [3.05, 3.63) is 29.8 Å². The van der Waals surface area contributed by atoms with Crippen LogP contribution >= 0.6 is 0 Å². The van der Waals surface area contributed by atoms with E-state index in [0.29, 0.717) is 0 Å². The first kappa shape index (κ1) is 15.9. The molecule has 6 N–H and O–H groups in total. The second kappa shape index (κ2) is 6.35. The smallest absolute Gasteiger partial charge is 0.242 e. The molecular weight excluding hydrogens is 280 g/mol. The Hall–Kier alpha value is -2.13. The van der Waals surface area contributed by atoms with Gasteiger partial charge in [-0.05, 0) is 17.7 Å². The molecule has 0 saturated carbocycles. The van der Waals surface area contributed by atoms with Crippen LogP contribution in [-0.4, -0.2) is 38.7 Å². The van der Waals surface area contributed by atoms with Gasteiger partial charge >= 0.3 is 0 Å². The molecule has 9 heteroatoms. The number of nitrogens with two attached hydrogens (primary N) is 3. The zero-order chi connectivity index (χ0) is 15.3. The third kappa shape index (κ3) is 4.21. The molecule has 8 nitrogen and oxygen atoms in total. The van der Waals surface area contributed by atoms with Gasteiger partial charge in [0.15, 0.2) is 5.96 Å². The molecule has 0 fully saturated rings. The largest absolute Gasteiger partial charge is 0.370 e. The second-order valence-electron chi connectivity index (χ2n) is 4.14. The molecule has 0 aliphatic rings. The summed E-state index contributed by atoms with van der Waals surface area (Å²) in [6.07, 6.45) is 0. The number of aliphatic imine (C=N–C) groups is 2. The van der Waals surface area contributed by atoms with Crippen molar-refractivity contribution in [1.82, 2.24) is 4.31 Å². The van der Waals surface area contributed by atoms with E-state index in [2.05, 4.69) is 9.98 Å². The summed E-state index contributed by atoms with van der Waals surface area (Å²) in [4.78, 5) is 7.73. The molecule has 0 saturated heterocycles. The fourth-order valence-electron chi connectivity index (χ4n) is 1.32. The predicted molar refractivity (Wildman–Crippen MR) is 78.5 cm³/mol. The Bertz CT molecular complexity index is 615. The van der Waals surface area contributed by atoms with Gasteiger partial charge < -0.3 is 17.2 Å². The van der Waals surface area contributed by atoms with Gasteiger partial charge in [-0.1, -0.05) is 12.1 Å². The Morgan fingerprint density at radius 1 is 1.15 bits per heavy atom. The molecule has 0 heterocycles. The van der Waals surface area contributed by atoms with Crippen LogP contribution in [0.5, 0.6) is 0 Å². The molecule has 0 atom stereocenters. The highest BCUT2D eigenvalue weighted by molar-refractivity contribution is 7.89. The van der Waals surface area contributed by atoms with E-state index in [1.807, 2.05) is 0 Å². The Morgan fingerprint density at radius 2 is 1.70 bits per heavy atom. The van der Waals surface area contributed by atoms with Crippen LogP contribution in [0.25, 0.3) is 0 Å². The Balaban J connectivity index is 2.86. The van der Waals surface area contributed by atoms with Gasteiger partial charge in [0.25, 0.3) is 0 Å². The van der Waals surface area contributed by atoms with Gasteiger partial charge in [-0.3, -0.25) is 0 Å². The van der Waals surface area contributed by atoms with Crippen molar-refractivity contribution in [3.8, 4) is 0 Å². The minimum Gasteiger partial charge on any atom is -0.370 e. The Morgan fingerprint density at radius 3 is 2.15 bits per heavy atom. The van der Waals surface area contributed by atoms with Crippen LogP contribution < -0.4 is 17.2 Å². The van der Waals surface area contributed by atoms with Gasteiger partial charge in [0.05, 0.1) is 11.4 Å². The van der Waals surface area contributed by atoms with Crippen molar-refractivity contribution in [2.75, 3.05) is 14.1 Å². The third-order valence-corrected chi connectivity index (χ3v) is 4.20. The molecule has 0 amide bonds. The van der Waals surface area contributed by atoms with Crippen molar-refractivity contribution in [1.29, 1.82) is 0 Å². The van der Waals surface area contributed by atoms with Gasteiger partial charge in [-0.2, -0.15) is 4.99 Å². The molecule has 110 valence electrons. The molecule has 20 heavy (non-hydrogen) atoms. The molecule has 0 aliphatic carbocycles. The summed E-state index contributed by atoms with van der Waals surface area (Å²) in [6.45, 7) is 0.255. The highest BCUT2D eigenvalue weighted by Gasteiger charge is 2.16.